The summed E-state index contributed by atoms with van der Waals surface area (Å²) in [5.41, 5.74) is 7.73. The normalized spacial score (nSPS) is 13.7. The van der Waals surface area contributed by atoms with E-state index in [1.54, 1.807) is 18.6 Å². The third-order valence-corrected chi connectivity index (χ3v) is 7.43. The third-order valence-electron chi connectivity index (χ3n) is 7.43. The van der Waals surface area contributed by atoms with E-state index in [1.807, 2.05) is 48.7 Å². The second-order valence-corrected chi connectivity index (χ2v) is 10.2. The number of H-pyrrole nitrogens is 2. The average Bonchev–Trinajstić information content (AvgIpc) is 3.62. The lowest BCUT2D eigenvalue weighted by Crippen LogP contribution is -2.29. The lowest BCUT2D eigenvalue weighted by Gasteiger charge is -2.29. The van der Waals surface area contributed by atoms with Crippen molar-refractivity contribution in [3.63, 3.8) is 0 Å². The Morgan fingerprint density at radius 2 is 1.80 bits per heavy atom. The van der Waals surface area contributed by atoms with Crippen LogP contribution in [-0.4, -0.2) is 49.1 Å². The van der Waals surface area contributed by atoms with Crippen molar-refractivity contribution in [1.82, 2.24) is 30.1 Å². The van der Waals surface area contributed by atoms with Gasteiger partial charge in [0, 0.05) is 47.5 Å². The zero-order chi connectivity index (χ0) is 26.9. The molecule has 0 spiro atoms. The molecule has 6 heterocycles. The number of aromatic nitrogens is 6. The highest BCUT2D eigenvalue weighted by molar-refractivity contribution is 5.99. The van der Waals surface area contributed by atoms with Crippen LogP contribution in [0.25, 0.3) is 44.6 Å². The first-order valence-corrected chi connectivity index (χ1v) is 13.6. The highest BCUT2D eigenvalue weighted by atomic mass is 16.1. The summed E-state index contributed by atoms with van der Waals surface area (Å²) in [5.74, 6) is -0.0953. The lowest BCUT2D eigenvalue weighted by molar-refractivity contribution is -0.115. The van der Waals surface area contributed by atoms with Gasteiger partial charge in [-0.25, -0.2) is 4.98 Å². The van der Waals surface area contributed by atoms with Crippen LogP contribution in [-0.2, 0) is 11.2 Å². The molecule has 6 aromatic rings. The average molecular weight is 529 g/mol. The van der Waals surface area contributed by atoms with Crippen molar-refractivity contribution in [3.8, 4) is 22.6 Å². The zero-order valence-corrected chi connectivity index (χ0v) is 21.9. The fraction of sp³-hybridized carbons (Fsp3) is 0.194. The molecule has 0 aliphatic carbocycles. The van der Waals surface area contributed by atoms with Gasteiger partial charge in [0.25, 0.3) is 0 Å². The standard InChI is InChI=1S/C31H28N8O/c40-29(13-20-7-3-1-4-8-20)35-22-14-21(17-32-18-22)25-15-23-27(19-34-25)37-38-30(23)26-16-24-28(9-10-33-31(24)36-26)39-11-5-2-6-12-39/h1,3-4,7-10,14-19H,2,5-6,11-13H2,(H,33,36)(H,35,40)(H,37,38). The second-order valence-electron chi connectivity index (χ2n) is 10.2. The quantitative estimate of drug-likeness (QED) is 0.254. The molecular formula is C31H28N8O. The van der Waals surface area contributed by atoms with Gasteiger partial charge in [0.2, 0.25) is 5.91 Å². The predicted octanol–water partition coefficient (Wildman–Crippen LogP) is 5.73. The molecule has 1 aromatic carbocycles. The van der Waals surface area contributed by atoms with Crippen LogP contribution >= 0.6 is 0 Å². The van der Waals surface area contributed by atoms with E-state index in [0.29, 0.717) is 12.1 Å². The van der Waals surface area contributed by atoms with Crippen LogP contribution in [0.15, 0.2) is 79.4 Å². The molecule has 1 aliphatic rings. The molecule has 3 N–H and O–H groups in total. The van der Waals surface area contributed by atoms with Crippen molar-refractivity contribution >= 4 is 39.2 Å². The number of benzene rings is 1. The highest BCUT2D eigenvalue weighted by Gasteiger charge is 2.18. The number of hydrogen-bond acceptors (Lipinski definition) is 6. The number of anilines is 2. The Morgan fingerprint density at radius 1 is 0.925 bits per heavy atom. The van der Waals surface area contributed by atoms with Gasteiger partial charge in [-0.15, -0.1) is 0 Å². The minimum atomic E-state index is -0.0953. The smallest absolute Gasteiger partial charge is 0.228 e. The zero-order valence-electron chi connectivity index (χ0n) is 21.9. The van der Waals surface area contributed by atoms with Crippen LogP contribution in [0.5, 0.6) is 0 Å². The Kier molecular flexibility index (Phi) is 6.16. The van der Waals surface area contributed by atoms with Gasteiger partial charge in [-0.05, 0) is 49.1 Å². The highest BCUT2D eigenvalue weighted by Crippen LogP contribution is 2.34. The van der Waals surface area contributed by atoms with Crippen LogP contribution < -0.4 is 10.2 Å². The molecule has 7 rings (SSSR count). The number of nitrogens with one attached hydrogen (secondary N) is 3. The van der Waals surface area contributed by atoms with Gasteiger partial charge >= 0.3 is 0 Å². The summed E-state index contributed by atoms with van der Waals surface area (Å²) in [7, 11) is 0. The molecule has 1 fully saturated rings. The fourth-order valence-electron chi connectivity index (χ4n) is 5.47. The summed E-state index contributed by atoms with van der Waals surface area (Å²) in [4.78, 5) is 32.1. The Morgan fingerprint density at radius 3 is 2.67 bits per heavy atom. The second kappa shape index (κ2) is 10.3. The van der Waals surface area contributed by atoms with Crippen LogP contribution in [0.1, 0.15) is 24.8 Å². The molecule has 9 nitrogen and oxygen atoms in total. The first-order valence-electron chi connectivity index (χ1n) is 13.6. The van der Waals surface area contributed by atoms with Gasteiger partial charge in [0.1, 0.15) is 11.3 Å². The van der Waals surface area contributed by atoms with Gasteiger partial charge in [-0.3, -0.25) is 19.9 Å². The van der Waals surface area contributed by atoms with Crippen LogP contribution in [0, 0.1) is 0 Å². The molecule has 40 heavy (non-hydrogen) atoms. The molecule has 9 heteroatoms. The molecule has 1 saturated heterocycles. The molecular weight excluding hydrogens is 500 g/mol. The summed E-state index contributed by atoms with van der Waals surface area (Å²) < 4.78 is 0. The van der Waals surface area contributed by atoms with Gasteiger partial charge in [0.05, 0.1) is 41.4 Å². The number of hydrogen-bond donors (Lipinski definition) is 3. The number of rotatable bonds is 6. The summed E-state index contributed by atoms with van der Waals surface area (Å²) in [6.07, 6.45) is 11.1. The number of carbonyl (C=O) groups is 1. The van der Waals surface area contributed by atoms with E-state index in [-0.39, 0.29) is 5.91 Å². The maximum Gasteiger partial charge on any atom is 0.228 e. The van der Waals surface area contributed by atoms with E-state index in [1.165, 1.54) is 24.9 Å². The third kappa shape index (κ3) is 4.66. The fourth-order valence-corrected chi connectivity index (χ4v) is 5.47. The largest absolute Gasteiger partial charge is 0.371 e. The Bertz CT molecular complexity index is 1820. The van der Waals surface area contributed by atoms with Crippen molar-refractivity contribution in [3.05, 3.63) is 84.9 Å². The summed E-state index contributed by atoms with van der Waals surface area (Å²) in [6.45, 7) is 2.14. The minimum absolute atomic E-state index is 0.0953. The SMILES string of the molecule is O=C(Cc1ccccc1)Nc1cncc(-c2cc3c(-c4cc5c(N6CCCCC6)ccnc5[nH]4)n[nH]c3cn2)c1. The maximum absolute atomic E-state index is 12.6. The molecule has 5 aromatic heterocycles. The monoisotopic (exact) mass is 528 g/mol. The number of carbonyl (C=O) groups excluding carboxylic acids is 1. The van der Waals surface area contributed by atoms with Crippen molar-refractivity contribution in [2.24, 2.45) is 0 Å². The lowest BCUT2D eigenvalue weighted by atomic mass is 10.1. The van der Waals surface area contributed by atoms with Crippen molar-refractivity contribution in [1.29, 1.82) is 0 Å². The van der Waals surface area contributed by atoms with Crippen molar-refractivity contribution in [2.45, 2.75) is 25.7 Å². The van der Waals surface area contributed by atoms with E-state index < -0.39 is 0 Å². The molecule has 1 aliphatic heterocycles. The predicted molar refractivity (Wildman–Crippen MR) is 157 cm³/mol. The van der Waals surface area contributed by atoms with E-state index in [2.05, 4.69) is 52.5 Å². The van der Waals surface area contributed by atoms with Crippen molar-refractivity contribution < 1.29 is 4.79 Å². The van der Waals surface area contributed by atoms with Gasteiger partial charge in [0.15, 0.2) is 0 Å². The first-order chi connectivity index (χ1) is 19.7. The molecule has 0 bridgehead atoms. The molecule has 0 saturated carbocycles. The Balaban J connectivity index is 1.19. The minimum Gasteiger partial charge on any atom is -0.371 e. The molecule has 0 atom stereocenters. The number of pyridine rings is 3. The topological polar surface area (TPSA) is 115 Å². The summed E-state index contributed by atoms with van der Waals surface area (Å²) in [5, 5.41) is 12.7. The van der Waals surface area contributed by atoms with Crippen LogP contribution in [0.3, 0.4) is 0 Å². The molecule has 0 unspecified atom stereocenters. The number of amides is 1. The Hall–Kier alpha value is -5.05. The molecule has 0 radical (unpaired) electrons. The van der Waals surface area contributed by atoms with E-state index >= 15 is 0 Å². The summed E-state index contributed by atoms with van der Waals surface area (Å²) >= 11 is 0. The maximum atomic E-state index is 12.6. The van der Waals surface area contributed by atoms with Gasteiger partial charge < -0.3 is 15.2 Å². The van der Waals surface area contributed by atoms with Gasteiger partial charge in [-0.2, -0.15) is 5.10 Å². The Labute approximate surface area is 230 Å². The van der Waals surface area contributed by atoms with Gasteiger partial charge in [-0.1, -0.05) is 30.3 Å². The van der Waals surface area contributed by atoms with E-state index in [4.69, 9.17) is 0 Å². The van der Waals surface area contributed by atoms with Crippen LogP contribution in [0.4, 0.5) is 11.4 Å². The van der Waals surface area contributed by atoms with Crippen LogP contribution in [0.2, 0.25) is 0 Å². The molecule has 1 amide bonds. The number of aromatic amines is 2. The van der Waals surface area contributed by atoms with E-state index in [9.17, 15) is 4.79 Å². The number of fused-ring (bicyclic) bond motifs is 2. The summed E-state index contributed by atoms with van der Waals surface area (Å²) in [6, 6.07) is 17.8. The van der Waals surface area contributed by atoms with E-state index in [0.717, 1.165) is 63.2 Å². The number of nitrogens with zero attached hydrogens (tertiary/aromatic N) is 5. The molecule has 198 valence electrons. The number of piperidine rings is 1. The van der Waals surface area contributed by atoms with Crippen molar-refractivity contribution in [2.75, 3.05) is 23.3 Å². The first kappa shape index (κ1) is 24.0.